The number of nitrogens with zero attached hydrogens (tertiary/aromatic N) is 1. The molecule has 0 saturated heterocycles. The van der Waals surface area contributed by atoms with Crippen LogP contribution < -0.4 is 10.6 Å². The summed E-state index contributed by atoms with van der Waals surface area (Å²) >= 11 is 0. The van der Waals surface area contributed by atoms with E-state index in [4.69, 9.17) is 0 Å². The quantitative estimate of drug-likeness (QED) is 0.677. The number of carbonyl (C=O) groups is 1. The van der Waals surface area contributed by atoms with Gasteiger partial charge in [0.2, 0.25) is 0 Å². The van der Waals surface area contributed by atoms with Gasteiger partial charge in [-0.05, 0) is 19.3 Å². The zero-order valence-corrected chi connectivity index (χ0v) is 8.13. The van der Waals surface area contributed by atoms with Crippen LogP contribution in [0.25, 0.3) is 0 Å². The lowest BCUT2D eigenvalue weighted by molar-refractivity contribution is 0.251. The van der Waals surface area contributed by atoms with E-state index in [-0.39, 0.29) is 6.03 Å². The Morgan fingerprint density at radius 3 is 3.14 bits per heavy atom. The van der Waals surface area contributed by atoms with Crippen LogP contribution in [0.2, 0.25) is 0 Å². The Hall–Kier alpha value is -1.52. The van der Waals surface area contributed by atoms with Crippen LogP contribution in [0.3, 0.4) is 0 Å². The summed E-state index contributed by atoms with van der Waals surface area (Å²) < 4.78 is 0. The van der Waals surface area contributed by atoms with Crippen LogP contribution in [-0.4, -0.2) is 22.3 Å². The topological polar surface area (TPSA) is 69.8 Å². The number of anilines is 1. The number of carbonyl (C=O) groups excluding carboxylic acids is 1. The highest BCUT2D eigenvalue weighted by atomic mass is 16.2. The number of urea groups is 1. The third kappa shape index (κ3) is 2.04. The van der Waals surface area contributed by atoms with E-state index in [1.54, 1.807) is 6.20 Å². The molecule has 0 radical (unpaired) electrons. The third-order valence-electron chi connectivity index (χ3n) is 2.25. The zero-order valence-electron chi connectivity index (χ0n) is 8.13. The molecule has 2 rings (SSSR count). The summed E-state index contributed by atoms with van der Waals surface area (Å²) in [5.74, 6) is 0.700. The number of aromatic nitrogens is 2. The lowest BCUT2D eigenvalue weighted by atomic mass is 10.2. The summed E-state index contributed by atoms with van der Waals surface area (Å²) in [6.07, 6.45) is 4.77. The van der Waals surface area contributed by atoms with E-state index >= 15 is 0 Å². The Morgan fingerprint density at radius 2 is 2.50 bits per heavy atom. The van der Waals surface area contributed by atoms with Crippen molar-refractivity contribution in [3.63, 3.8) is 0 Å². The van der Waals surface area contributed by atoms with E-state index in [0.29, 0.717) is 11.9 Å². The smallest absolute Gasteiger partial charge is 0.320 e. The van der Waals surface area contributed by atoms with E-state index in [1.165, 1.54) is 0 Å². The minimum Gasteiger partial charge on any atom is -0.335 e. The molecule has 1 aliphatic rings. The van der Waals surface area contributed by atoms with Gasteiger partial charge in [0, 0.05) is 11.6 Å². The van der Waals surface area contributed by atoms with E-state index in [1.807, 2.05) is 6.92 Å². The summed E-state index contributed by atoms with van der Waals surface area (Å²) in [5.41, 5.74) is 1.02. The van der Waals surface area contributed by atoms with Gasteiger partial charge in [-0.15, -0.1) is 0 Å². The van der Waals surface area contributed by atoms with E-state index in [2.05, 4.69) is 20.8 Å². The SMILES string of the molecule is CCc1cn[nH]c1NC(=O)NC1CC1. The zero-order chi connectivity index (χ0) is 9.97. The van der Waals surface area contributed by atoms with Crippen molar-refractivity contribution in [2.45, 2.75) is 32.2 Å². The van der Waals surface area contributed by atoms with Gasteiger partial charge in [0.25, 0.3) is 0 Å². The number of H-pyrrole nitrogens is 1. The van der Waals surface area contributed by atoms with Gasteiger partial charge < -0.3 is 5.32 Å². The van der Waals surface area contributed by atoms with Crippen molar-refractivity contribution in [2.24, 2.45) is 0 Å². The number of rotatable bonds is 3. The molecule has 1 aromatic rings. The van der Waals surface area contributed by atoms with Crippen LogP contribution >= 0.6 is 0 Å². The van der Waals surface area contributed by atoms with Gasteiger partial charge in [0.15, 0.2) is 0 Å². The number of aryl methyl sites for hydroxylation is 1. The molecule has 1 aromatic heterocycles. The fraction of sp³-hybridized carbons (Fsp3) is 0.556. The summed E-state index contributed by atoms with van der Waals surface area (Å²) in [7, 11) is 0. The van der Waals surface area contributed by atoms with Crippen LogP contribution in [0.4, 0.5) is 10.6 Å². The van der Waals surface area contributed by atoms with E-state index in [0.717, 1.165) is 24.8 Å². The Balaban J connectivity index is 1.91. The normalized spacial score (nSPS) is 15.2. The number of hydrogen-bond donors (Lipinski definition) is 3. The highest BCUT2D eigenvalue weighted by molar-refractivity contribution is 5.89. The second-order valence-electron chi connectivity index (χ2n) is 3.50. The Labute approximate surface area is 82.3 Å². The molecule has 3 N–H and O–H groups in total. The van der Waals surface area contributed by atoms with Crippen LogP contribution in [0.15, 0.2) is 6.20 Å². The molecule has 0 aromatic carbocycles. The first kappa shape index (κ1) is 9.05. The number of aromatic amines is 1. The van der Waals surface area contributed by atoms with E-state index < -0.39 is 0 Å². The third-order valence-corrected chi connectivity index (χ3v) is 2.25. The lowest BCUT2D eigenvalue weighted by Gasteiger charge is -2.05. The summed E-state index contributed by atoms with van der Waals surface area (Å²) in [5, 5.41) is 12.2. The minimum absolute atomic E-state index is 0.147. The Morgan fingerprint density at radius 1 is 1.71 bits per heavy atom. The Bertz CT molecular complexity index is 329. The second-order valence-corrected chi connectivity index (χ2v) is 3.50. The van der Waals surface area contributed by atoms with Gasteiger partial charge in [0.1, 0.15) is 5.82 Å². The fourth-order valence-electron chi connectivity index (χ4n) is 1.25. The van der Waals surface area contributed by atoms with Crippen molar-refractivity contribution >= 4 is 11.8 Å². The van der Waals surface area contributed by atoms with E-state index in [9.17, 15) is 4.79 Å². The molecular weight excluding hydrogens is 180 g/mol. The number of nitrogens with one attached hydrogen (secondary N) is 3. The lowest BCUT2D eigenvalue weighted by Crippen LogP contribution is -2.30. The highest BCUT2D eigenvalue weighted by Gasteiger charge is 2.23. The van der Waals surface area contributed by atoms with Crippen LogP contribution in [0.5, 0.6) is 0 Å². The number of hydrogen-bond acceptors (Lipinski definition) is 2. The molecule has 14 heavy (non-hydrogen) atoms. The first-order valence-corrected chi connectivity index (χ1v) is 4.89. The molecule has 0 aliphatic heterocycles. The molecule has 2 amide bonds. The first-order chi connectivity index (χ1) is 6.79. The highest BCUT2D eigenvalue weighted by Crippen LogP contribution is 2.19. The maximum Gasteiger partial charge on any atom is 0.320 e. The summed E-state index contributed by atoms with van der Waals surface area (Å²) in [4.78, 5) is 11.4. The molecule has 0 spiro atoms. The number of amides is 2. The van der Waals surface area contributed by atoms with Gasteiger partial charge in [-0.3, -0.25) is 10.4 Å². The molecule has 1 heterocycles. The van der Waals surface area contributed by atoms with Gasteiger partial charge >= 0.3 is 6.03 Å². The molecule has 76 valence electrons. The molecule has 0 atom stereocenters. The second kappa shape index (κ2) is 3.69. The van der Waals surface area contributed by atoms with Crippen molar-refractivity contribution < 1.29 is 4.79 Å². The largest absolute Gasteiger partial charge is 0.335 e. The molecule has 5 nitrogen and oxygen atoms in total. The van der Waals surface area contributed by atoms with Crippen molar-refractivity contribution in [2.75, 3.05) is 5.32 Å². The van der Waals surface area contributed by atoms with Gasteiger partial charge in [-0.2, -0.15) is 5.10 Å². The van der Waals surface area contributed by atoms with Gasteiger partial charge in [-0.25, -0.2) is 4.79 Å². The molecule has 1 fully saturated rings. The maximum absolute atomic E-state index is 11.4. The maximum atomic E-state index is 11.4. The Kier molecular flexibility index (Phi) is 2.39. The van der Waals surface area contributed by atoms with Crippen molar-refractivity contribution in [3.05, 3.63) is 11.8 Å². The molecule has 1 aliphatic carbocycles. The van der Waals surface area contributed by atoms with Crippen molar-refractivity contribution in [3.8, 4) is 0 Å². The standard InChI is InChI=1S/C9H14N4O/c1-2-6-5-10-13-8(6)12-9(14)11-7-3-4-7/h5,7H,2-4H2,1H3,(H3,10,11,12,13,14). The molecule has 0 unspecified atom stereocenters. The van der Waals surface area contributed by atoms with Crippen LogP contribution in [0.1, 0.15) is 25.3 Å². The van der Waals surface area contributed by atoms with Gasteiger partial charge in [0.05, 0.1) is 6.20 Å². The summed E-state index contributed by atoms with van der Waals surface area (Å²) in [6, 6.07) is 0.231. The summed E-state index contributed by atoms with van der Waals surface area (Å²) in [6.45, 7) is 2.02. The molecule has 1 saturated carbocycles. The average Bonchev–Trinajstić information content (AvgIpc) is 2.84. The van der Waals surface area contributed by atoms with Crippen LogP contribution in [0, 0.1) is 0 Å². The predicted molar refractivity (Wildman–Crippen MR) is 53.1 cm³/mol. The monoisotopic (exact) mass is 194 g/mol. The fourth-order valence-corrected chi connectivity index (χ4v) is 1.25. The van der Waals surface area contributed by atoms with Crippen molar-refractivity contribution in [1.82, 2.24) is 15.5 Å². The van der Waals surface area contributed by atoms with Gasteiger partial charge in [-0.1, -0.05) is 6.92 Å². The predicted octanol–water partition coefficient (Wildman–Crippen LogP) is 1.26. The molecule has 0 bridgehead atoms. The van der Waals surface area contributed by atoms with Crippen molar-refractivity contribution in [1.29, 1.82) is 0 Å². The minimum atomic E-state index is -0.147. The average molecular weight is 194 g/mol. The molecular formula is C9H14N4O. The molecule has 5 heteroatoms. The first-order valence-electron chi connectivity index (χ1n) is 4.89. The van der Waals surface area contributed by atoms with Crippen LogP contribution in [-0.2, 0) is 6.42 Å².